The van der Waals surface area contributed by atoms with Crippen LogP contribution >= 0.6 is 0 Å². The lowest BCUT2D eigenvalue weighted by Crippen LogP contribution is -2.01. The number of ketones is 1. The minimum Gasteiger partial charge on any atom is -0.490 e. The predicted molar refractivity (Wildman–Crippen MR) is 95.2 cm³/mol. The molecule has 25 heavy (non-hydrogen) atoms. The maximum atomic E-state index is 12.4. The summed E-state index contributed by atoms with van der Waals surface area (Å²) in [5.74, 6) is 0.792. The largest absolute Gasteiger partial charge is 0.490 e. The number of hydrogen-bond acceptors (Lipinski definition) is 5. The highest BCUT2D eigenvalue weighted by Gasteiger charge is 2.12. The first-order valence-electron chi connectivity index (χ1n) is 7.92. The van der Waals surface area contributed by atoms with Crippen molar-refractivity contribution in [1.29, 1.82) is 0 Å². The van der Waals surface area contributed by atoms with Crippen molar-refractivity contribution in [3.63, 3.8) is 0 Å². The van der Waals surface area contributed by atoms with Crippen LogP contribution in [0, 0.1) is 10.1 Å². The van der Waals surface area contributed by atoms with Gasteiger partial charge in [-0.15, -0.1) is 0 Å². The van der Waals surface area contributed by atoms with Crippen molar-refractivity contribution >= 4 is 17.5 Å². The minimum absolute atomic E-state index is 0.0479. The molecule has 0 amide bonds. The second-order valence-electron chi connectivity index (χ2n) is 5.04. The number of benzene rings is 2. The quantitative estimate of drug-likeness (QED) is 0.310. The Kier molecular flexibility index (Phi) is 6.28. The molecule has 0 aliphatic rings. The first kappa shape index (κ1) is 18.2. The van der Waals surface area contributed by atoms with Gasteiger partial charge in [-0.1, -0.05) is 12.1 Å². The van der Waals surface area contributed by atoms with Crippen LogP contribution in [-0.2, 0) is 0 Å². The summed E-state index contributed by atoms with van der Waals surface area (Å²) in [6, 6.07) is 11.2. The molecule has 0 unspecified atom stereocenters. The van der Waals surface area contributed by atoms with Gasteiger partial charge >= 0.3 is 0 Å². The Labute approximate surface area is 145 Å². The molecule has 0 aromatic heterocycles. The van der Waals surface area contributed by atoms with Gasteiger partial charge in [-0.3, -0.25) is 14.9 Å². The third-order valence-corrected chi connectivity index (χ3v) is 3.38. The van der Waals surface area contributed by atoms with Gasteiger partial charge in [0.25, 0.3) is 5.69 Å². The van der Waals surface area contributed by atoms with Crippen LogP contribution in [0.15, 0.2) is 48.5 Å². The fourth-order valence-electron chi connectivity index (χ4n) is 2.26. The second-order valence-corrected chi connectivity index (χ2v) is 5.04. The molecule has 0 N–H and O–H groups in total. The van der Waals surface area contributed by atoms with Gasteiger partial charge in [0.1, 0.15) is 0 Å². The molecule has 0 heterocycles. The number of nitrogens with zero attached hydrogens (tertiary/aromatic N) is 1. The van der Waals surface area contributed by atoms with Crippen molar-refractivity contribution in [2.24, 2.45) is 0 Å². The summed E-state index contributed by atoms with van der Waals surface area (Å²) in [6.45, 7) is 4.65. The van der Waals surface area contributed by atoms with Crippen molar-refractivity contribution in [1.82, 2.24) is 0 Å². The van der Waals surface area contributed by atoms with Crippen LogP contribution in [0.25, 0.3) is 6.08 Å². The molecule has 0 fully saturated rings. The Morgan fingerprint density at radius 1 is 1.08 bits per heavy atom. The van der Waals surface area contributed by atoms with Crippen molar-refractivity contribution in [2.45, 2.75) is 13.8 Å². The van der Waals surface area contributed by atoms with E-state index in [1.54, 1.807) is 36.4 Å². The number of carbonyl (C=O) groups is 1. The molecule has 0 saturated heterocycles. The highest BCUT2D eigenvalue weighted by molar-refractivity contribution is 6.07. The highest BCUT2D eigenvalue weighted by atomic mass is 16.6. The summed E-state index contributed by atoms with van der Waals surface area (Å²) in [5, 5.41) is 11.0. The van der Waals surface area contributed by atoms with Crippen molar-refractivity contribution < 1.29 is 19.2 Å². The molecule has 6 nitrogen and oxygen atoms in total. The molecule has 130 valence electrons. The van der Waals surface area contributed by atoms with Gasteiger partial charge in [0.2, 0.25) is 0 Å². The van der Waals surface area contributed by atoms with Crippen LogP contribution in [0.2, 0.25) is 0 Å². The SMILES string of the molecule is CCOc1ccc(C(=O)/C=C/c2ccccc2[N+](=O)[O-])cc1OCC. The van der Waals surface area contributed by atoms with E-state index in [-0.39, 0.29) is 11.5 Å². The molecule has 0 atom stereocenters. The van der Waals surface area contributed by atoms with Crippen LogP contribution in [0.3, 0.4) is 0 Å². The number of rotatable bonds is 8. The molecule has 0 radical (unpaired) electrons. The van der Waals surface area contributed by atoms with Gasteiger partial charge in [-0.05, 0) is 50.3 Å². The fraction of sp³-hybridized carbons (Fsp3) is 0.211. The van der Waals surface area contributed by atoms with Crippen LogP contribution in [0.4, 0.5) is 5.69 Å². The van der Waals surface area contributed by atoms with E-state index in [1.807, 2.05) is 13.8 Å². The molecule has 2 aromatic rings. The number of carbonyl (C=O) groups excluding carboxylic acids is 1. The van der Waals surface area contributed by atoms with Gasteiger partial charge in [0.05, 0.1) is 23.7 Å². The molecule has 2 rings (SSSR count). The van der Waals surface area contributed by atoms with E-state index in [4.69, 9.17) is 9.47 Å². The van der Waals surface area contributed by atoms with Crippen LogP contribution in [0.1, 0.15) is 29.8 Å². The zero-order valence-electron chi connectivity index (χ0n) is 14.1. The standard InChI is InChI=1S/C19H19NO5/c1-3-24-18-12-10-15(13-19(18)25-4-2)17(21)11-9-14-7-5-6-8-16(14)20(22)23/h5-13H,3-4H2,1-2H3/b11-9+. The smallest absolute Gasteiger partial charge is 0.276 e. The maximum Gasteiger partial charge on any atom is 0.276 e. The Bertz CT molecular complexity index is 798. The Hall–Kier alpha value is -3.15. The number of hydrogen-bond donors (Lipinski definition) is 0. The number of allylic oxidation sites excluding steroid dienone is 1. The van der Waals surface area contributed by atoms with Crippen molar-refractivity contribution in [3.05, 3.63) is 69.8 Å². The summed E-state index contributed by atoms with van der Waals surface area (Å²) in [4.78, 5) is 22.9. The molecule has 0 bridgehead atoms. The molecule has 6 heteroatoms. The number of nitro groups is 1. The van der Waals surface area contributed by atoms with Gasteiger partial charge < -0.3 is 9.47 Å². The molecule has 0 aliphatic carbocycles. The molecule has 0 spiro atoms. The molecular weight excluding hydrogens is 322 g/mol. The van der Waals surface area contributed by atoms with Crippen molar-refractivity contribution in [2.75, 3.05) is 13.2 Å². The van der Waals surface area contributed by atoms with E-state index in [9.17, 15) is 14.9 Å². The fourth-order valence-corrected chi connectivity index (χ4v) is 2.26. The van der Waals surface area contributed by atoms with Gasteiger partial charge in [-0.25, -0.2) is 0 Å². The monoisotopic (exact) mass is 341 g/mol. The first-order chi connectivity index (χ1) is 12.1. The summed E-state index contributed by atoms with van der Waals surface area (Å²) in [6.07, 6.45) is 2.75. The van der Waals surface area contributed by atoms with Gasteiger partial charge in [-0.2, -0.15) is 0 Å². The summed E-state index contributed by atoms with van der Waals surface area (Å²) < 4.78 is 11.0. The number of ether oxygens (including phenoxy) is 2. The molecule has 2 aromatic carbocycles. The Balaban J connectivity index is 2.26. The lowest BCUT2D eigenvalue weighted by atomic mass is 10.1. The van der Waals surface area contributed by atoms with E-state index in [0.717, 1.165) is 0 Å². The van der Waals surface area contributed by atoms with E-state index in [0.29, 0.717) is 35.8 Å². The predicted octanol–water partition coefficient (Wildman–Crippen LogP) is 4.29. The highest BCUT2D eigenvalue weighted by Crippen LogP contribution is 2.29. The molecular formula is C19H19NO5. The lowest BCUT2D eigenvalue weighted by molar-refractivity contribution is -0.385. The summed E-state index contributed by atoms with van der Waals surface area (Å²) in [7, 11) is 0. The average Bonchev–Trinajstić information content (AvgIpc) is 2.61. The maximum absolute atomic E-state index is 12.4. The van der Waals surface area contributed by atoms with E-state index < -0.39 is 4.92 Å². The molecule has 0 aliphatic heterocycles. The van der Waals surface area contributed by atoms with E-state index in [2.05, 4.69) is 0 Å². The van der Waals surface area contributed by atoms with Crippen LogP contribution < -0.4 is 9.47 Å². The van der Waals surface area contributed by atoms with E-state index >= 15 is 0 Å². The van der Waals surface area contributed by atoms with Crippen molar-refractivity contribution in [3.8, 4) is 11.5 Å². The second kappa shape index (κ2) is 8.63. The lowest BCUT2D eigenvalue weighted by Gasteiger charge is -2.11. The third kappa shape index (κ3) is 4.67. The normalized spacial score (nSPS) is 10.6. The Morgan fingerprint density at radius 2 is 1.76 bits per heavy atom. The van der Waals surface area contributed by atoms with Crippen LogP contribution in [-0.4, -0.2) is 23.9 Å². The molecule has 0 saturated carbocycles. The minimum atomic E-state index is -0.478. The zero-order chi connectivity index (χ0) is 18.2. The number of nitro benzene ring substituents is 1. The van der Waals surface area contributed by atoms with Crippen LogP contribution in [0.5, 0.6) is 11.5 Å². The third-order valence-electron chi connectivity index (χ3n) is 3.38. The number of para-hydroxylation sites is 1. The van der Waals surface area contributed by atoms with Gasteiger partial charge in [0.15, 0.2) is 17.3 Å². The summed E-state index contributed by atoms with van der Waals surface area (Å²) in [5.41, 5.74) is 0.742. The van der Waals surface area contributed by atoms with E-state index in [1.165, 1.54) is 18.2 Å². The first-order valence-corrected chi connectivity index (χ1v) is 7.92. The zero-order valence-corrected chi connectivity index (χ0v) is 14.1. The topological polar surface area (TPSA) is 78.7 Å². The van der Waals surface area contributed by atoms with Gasteiger partial charge in [0, 0.05) is 11.6 Å². The summed E-state index contributed by atoms with van der Waals surface area (Å²) >= 11 is 0. The Morgan fingerprint density at radius 3 is 2.44 bits per heavy atom. The average molecular weight is 341 g/mol.